The van der Waals surface area contributed by atoms with E-state index in [1.54, 1.807) is 48.5 Å². The Bertz CT molecular complexity index is 1080. The van der Waals surface area contributed by atoms with Crippen molar-refractivity contribution in [3.63, 3.8) is 0 Å². The third-order valence-electron chi connectivity index (χ3n) is 4.30. The summed E-state index contributed by atoms with van der Waals surface area (Å²) in [7, 11) is 0. The summed E-state index contributed by atoms with van der Waals surface area (Å²) in [4.78, 5) is 25.1. The van der Waals surface area contributed by atoms with Crippen LogP contribution in [-0.4, -0.2) is 11.8 Å². The Morgan fingerprint density at radius 1 is 0.821 bits per heavy atom. The summed E-state index contributed by atoms with van der Waals surface area (Å²) in [5.74, 6) is -0.604. The van der Waals surface area contributed by atoms with Gasteiger partial charge in [0.1, 0.15) is 0 Å². The number of nitrogens with one attached hydrogen (secondary N) is 2. The van der Waals surface area contributed by atoms with Crippen LogP contribution in [-0.2, 0) is 0 Å². The third-order valence-corrected chi connectivity index (χ3v) is 4.30. The molecule has 0 aliphatic heterocycles. The van der Waals surface area contributed by atoms with Gasteiger partial charge in [0.15, 0.2) is 0 Å². The topological polar surface area (TPSA) is 82.0 Å². The first-order valence-electron chi connectivity index (χ1n) is 8.76. The Hall–Kier alpha value is -3.91. The van der Waals surface area contributed by atoms with Crippen LogP contribution < -0.4 is 10.6 Å². The van der Waals surface area contributed by atoms with Gasteiger partial charge in [-0.1, -0.05) is 18.2 Å². The maximum absolute atomic E-state index is 12.6. The van der Waals surface area contributed by atoms with Gasteiger partial charge in [-0.3, -0.25) is 9.59 Å². The molecule has 3 rings (SSSR count). The van der Waals surface area contributed by atoms with Crippen LogP contribution in [0.4, 0.5) is 11.4 Å². The molecule has 5 nitrogen and oxygen atoms in total. The normalized spacial score (nSPS) is 10.0. The average Bonchev–Trinajstić information content (AvgIpc) is 2.71. The molecule has 3 aromatic rings. The van der Waals surface area contributed by atoms with E-state index >= 15 is 0 Å². The number of nitrogens with zero attached hydrogens (tertiary/aromatic N) is 1. The fourth-order valence-corrected chi connectivity index (χ4v) is 2.70. The molecule has 0 heterocycles. The lowest BCUT2D eigenvalue weighted by Gasteiger charge is -2.10. The molecule has 0 unspecified atom stereocenters. The molecule has 0 spiro atoms. The van der Waals surface area contributed by atoms with Crippen LogP contribution in [0.15, 0.2) is 66.7 Å². The molecule has 0 saturated carbocycles. The Kier molecular flexibility index (Phi) is 5.52. The van der Waals surface area contributed by atoms with Gasteiger partial charge in [0.05, 0.1) is 11.6 Å². The van der Waals surface area contributed by atoms with E-state index in [9.17, 15) is 9.59 Å². The average molecular weight is 369 g/mol. The fraction of sp³-hybridized carbons (Fsp3) is 0.0870. The van der Waals surface area contributed by atoms with Crippen molar-refractivity contribution in [1.29, 1.82) is 5.26 Å². The van der Waals surface area contributed by atoms with Crippen molar-refractivity contribution >= 4 is 23.2 Å². The minimum atomic E-state index is -0.328. The van der Waals surface area contributed by atoms with Gasteiger partial charge in [-0.15, -0.1) is 0 Å². The van der Waals surface area contributed by atoms with Crippen molar-refractivity contribution < 1.29 is 9.59 Å². The highest BCUT2D eigenvalue weighted by molar-refractivity contribution is 6.08. The van der Waals surface area contributed by atoms with Crippen LogP contribution in [0.2, 0.25) is 0 Å². The minimum Gasteiger partial charge on any atom is -0.322 e. The standard InChI is InChI=1S/C23H19N3O2/c1-15-6-7-16(2)21(12-15)26-23(28)19-5-3-4-18(13-19)22(27)25-20-10-8-17(14-24)9-11-20/h3-13H,1-2H3,(H,25,27)(H,26,28). The van der Waals surface area contributed by atoms with E-state index in [4.69, 9.17) is 5.26 Å². The number of amides is 2. The highest BCUT2D eigenvalue weighted by atomic mass is 16.2. The van der Waals surface area contributed by atoms with Crippen LogP contribution in [0.3, 0.4) is 0 Å². The molecule has 5 heteroatoms. The van der Waals surface area contributed by atoms with Crippen molar-refractivity contribution in [2.75, 3.05) is 10.6 Å². The quantitative estimate of drug-likeness (QED) is 0.700. The summed E-state index contributed by atoms with van der Waals surface area (Å²) in [6, 6.07) is 21.0. The molecule has 0 aromatic heterocycles. The largest absolute Gasteiger partial charge is 0.322 e. The second-order valence-electron chi connectivity index (χ2n) is 6.50. The highest BCUT2D eigenvalue weighted by Gasteiger charge is 2.12. The molecular formula is C23H19N3O2. The molecular weight excluding hydrogens is 350 g/mol. The summed E-state index contributed by atoms with van der Waals surface area (Å²) in [5, 5.41) is 14.5. The molecule has 0 aliphatic carbocycles. The van der Waals surface area contributed by atoms with Gasteiger partial charge in [0, 0.05) is 22.5 Å². The van der Waals surface area contributed by atoms with Crippen molar-refractivity contribution in [3.05, 3.63) is 94.5 Å². The summed E-state index contributed by atoms with van der Waals surface area (Å²) in [6.45, 7) is 3.89. The number of anilines is 2. The zero-order chi connectivity index (χ0) is 20.1. The van der Waals surface area contributed by atoms with E-state index in [1.807, 2.05) is 38.1 Å². The van der Waals surface area contributed by atoms with Crippen LogP contribution >= 0.6 is 0 Å². The van der Waals surface area contributed by atoms with Gasteiger partial charge >= 0.3 is 0 Å². The monoisotopic (exact) mass is 369 g/mol. The van der Waals surface area contributed by atoms with Crippen LogP contribution in [0.1, 0.15) is 37.4 Å². The van der Waals surface area contributed by atoms with Gasteiger partial charge < -0.3 is 10.6 Å². The van der Waals surface area contributed by atoms with E-state index < -0.39 is 0 Å². The molecule has 0 aliphatic rings. The van der Waals surface area contributed by atoms with Crippen LogP contribution in [0.5, 0.6) is 0 Å². The molecule has 138 valence electrons. The molecule has 3 aromatic carbocycles. The Balaban J connectivity index is 1.75. The highest BCUT2D eigenvalue weighted by Crippen LogP contribution is 2.18. The van der Waals surface area contributed by atoms with Crippen molar-refractivity contribution in [2.45, 2.75) is 13.8 Å². The first-order chi connectivity index (χ1) is 13.5. The SMILES string of the molecule is Cc1ccc(C)c(NC(=O)c2cccc(C(=O)Nc3ccc(C#N)cc3)c2)c1. The van der Waals surface area contributed by atoms with E-state index in [0.717, 1.165) is 16.8 Å². The summed E-state index contributed by atoms with van der Waals surface area (Å²) in [6.07, 6.45) is 0. The Morgan fingerprint density at radius 2 is 1.46 bits per heavy atom. The van der Waals surface area contributed by atoms with Gasteiger partial charge in [0.25, 0.3) is 11.8 Å². The smallest absolute Gasteiger partial charge is 0.255 e. The second-order valence-corrected chi connectivity index (χ2v) is 6.50. The van der Waals surface area contributed by atoms with Gasteiger partial charge in [-0.25, -0.2) is 0 Å². The maximum atomic E-state index is 12.6. The van der Waals surface area contributed by atoms with Crippen molar-refractivity contribution in [3.8, 4) is 6.07 Å². The zero-order valence-corrected chi connectivity index (χ0v) is 15.6. The van der Waals surface area contributed by atoms with Crippen molar-refractivity contribution in [1.82, 2.24) is 0 Å². The van der Waals surface area contributed by atoms with Crippen molar-refractivity contribution in [2.24, 2.45) is 0 Å². The van der Waals surface area contributed by atoms with E-state index in [2.05, 4.69) is 10.6 Å². The minimum absolute atomic E-state index is 0.276. The van der Waals surface area contributed by atoms with E-state index in [1.165, 1.54) is 0 Å². The van der Waals surface area contributed by atoms with Crippen LogP contribution in [0, 0.1) is 25.2 Å². The first kappa shape index (κ1) is 18.9. The van der Waals surface area contributed by atoms with Gasteiger partial charge in [-0.05, 0) is 73.5 Å². The molecule has 2 amide bonds. The predicted molar refractivity (Wildman–Crippen MR) is 109 cm³/mol. The zero-order valence-electron chi connectivity index (χ0n) is 15.6. The number of rotatable bonds is 4. The molecule has 0 bridgehead atoms. The molecule has 2 N–H and O–H groups in total. The fourth-order valence-electron chi connectivity index (χ4n) is 2.70. The maximum Gasteiger partial charge on any atom is 0.255 e. The first-order valence-corrected chi connectivity index (χ1v) is 8.76. The summed E-state index contributed by atoms with van der Waals surface area (Å²) < 4.78 is 0. The third kappa shape index (κ3) is 4.43. The molecule has 0 atom stereocenters. The lowest BCUT2D eigenvalue weighted by molar-refractivity contribution is 0.102. The predicted octanol–water partition coefficient (Wildman–Crippen LogP) is 4.68. The Morgan fingerprint density at radius 3 is 2.11 bits per heavy atom. The van der Waals surface area contributed by atoms with Gasteiger partial charge in [0.2, 0.25) is 0 Å². The Labute approximate surface area is 163 Å². The number of nitriles is 1. The van der Waals surface area contributed by atoms with E-state index in [-0.39, 0.29) is 11.8 Å². The molecule has 0 fully saturated rings. The molecule has 0 radical (unpaired) electrons. The molecule has 0 saturated heterocycles. The lowest BCUT2D eigenvalue weighted by Crippen LogP contribution is -2.16. The number of benzene rings is 3. The molecule has 28 heavy (non-hydrogen) atoms. The van der Waals surface area contributed by atoms with Gasteiger partial charge in [-0.2, -0.15) is 5.26 Å². The second kappa shape index (κ2) is 8.19. The number of hydrogen-bond acceptors (Lipinski definition) is 3. The number of carbonyl (C=O) groups is 2. The summed E-state index contributed by atoms with van der Waals surface area (Å²) in [5.41, 5.74) is 4.63. The number of carbonyl (C=O) groups excluding carboxylic acids is 2. The van der Waals surface area contributed by atoms with E-state index in [0.29, 0.717) is 22.4 Å². The summed E-state index contributed by atoms with van der Waals surface area (Å²) >= 11 is 0. The number of hydrogen-bond donors (Lipinski definition) is 2. The van der Waals surface area contributed by atoms with Crippen LogP contribution in [0.25, 0.3) is 0 Å². The lowest BCUT2D eigenvalue weighted by atomic mass is 10.1. The number of aryl methyl sites for hydroxylation is 2.